The smallest absolute Gasteiger partial charge is 0.246 e. The van der Waals surface area contributed by atoms with Crippen LogP contribution >= 0.6 is 0 Å². The van der Waals surface area contributed by atoms with E-state index in [1.165, 1.54) is 4.31 Å². The Labute approximate surface area is 147 Å². The molecule has 0 atom stereocenters. The molecular formula is C17H22N4O3S. The number of nitrogens with zero attached hydrogens (tertiary/aromatic N) is 3. The van der Waals surface area contributed by atoms with Gasteiger partial charge < -0.3 is 4.90 Å². The molecule has 1 N–H and O–H groups in total. The number of hydrogen-bond donors (Lipinski definition) is 1. The van der Waals surface area contributed by atoms with E-state index in [1.807, 2.05) is 30.3 Å². The zero-order chi connectivity index (χ0) is 18.0. The molecule has 1 amide bonds. The lowest BCUT2D eigenvalue weighted by molar-refractivity contribution is -0.131. The van der Waals surface area contributed by atoms with Crippen molar-refractivity contribution < 1.29 is 13.2 Å². The molecule has 0 aliphatic carbocycles. The maximum Gasteiger partial charge on any atom is 0.246 e. The minimum absolute atomic E-state index is 0.0268. The van der Waals surface area contributed by atoms with Gasteiger partial charge in [0.1, 0.15) is 4.90 Å². The zero-order valence-electron chi connectivity index (χ0n) is 14.4. The van der Waals surface area contributed by atoms with Gasteiger partial charge in [-0.2, -0.15) is 9.40 Å². The second-order valence-corrected chi connectivity index (χ2v) is 8.09. The lowest BCUT2D eigenvalue weighted by Gasteiger charge is -2.34. The number of nitrogens with one attached hydrogen (secondary N) is 1. The predicted octanol–water partition coefficient (Wildman–Crippen LogP) is 1.10. The number of aromatic amines is 1. The van der Waals surface area contributed by atoms with Gasteiger partial charge in [-0.25, -0.2) is 8.42 Å². The number of aryl methyl sites for hydroxylation is 2. The second-order valence-electron chi connectivity index (χ2n) is 6.21. The number of rotatable bonds is 4. The van der Waals surface area contributed by atoms with Crippen LogP contribution in [0.3, 0.4) is 0 Å². The Morgan fingerprint density at radius 3 is 2.32 bits per heavy atom. The number of carbonyl (C=O) groups excluding carboxylic acids is 1. The van der Waals surface area contributed by atoms with E-state index in [4.69, 9.17) is 0 Å². The second kappa shape index (κ2) is 6.97. The van der Waals surface area contributed by atoms with Gasteiger partial charge >= 0.3 is 0 Å². The average molecular weight is 362 g/mol. The highest BCUT2D eigenvalue weighted by Crippen LogP contribution is 2.22. The summed E-state index contributed by atoms with van der Waals surface area (Å²) in [7, 11) is -3.59. The lowest BCUT2D eigenvalue weighted by atomic mass is 10.1. The summed E-state index contributed by atoms with van der Waals surface area (Å²) in [6.45, 7) is 4.78. The predicted molar refractivity (Wildman–Crippen MR) is 93.5 cm³/mol. The number of piperazine rings is 1. The van der Waals surface area contributed by atoms with Crippen LogP contribution in [0.15, 0.2) is 35.2 Å². The molecule has 0 spiro atoms. The third-order valence-electron chi connectivity index (χ3n) is 4.45. The summed E-state index contributed by atoms with van der Waals surface area (Å²) in [4.78, 5) is 14.4. The van der Waals surface area contributed by atoms with E-state index >= 15 is 0 Å². The van der Waals surface area contributed by atoms with Crippen LogP contribution in [-0.2, 0) is 21.2 Å². The third-order valence-corrected chi connectivity index (χ3v) is 6.61. The molecule has 1 saturated heterocycles. The Bertz CT molecular complexity index is 834. The number of H-pyrrole nitrogens is 1. The highest BCUT2D eigenvalue weighted by Gasteiger charge is 2.33. The highest BCUT2D eigenvalue weighted by atomic mass is 32.2. The molecule has 1 fully saturated rings. The van der Waals surface area contributed by atoms with Gasteiger partial charge in [0.15, 0.2) is 0 Å². The van der Waals surface area contributed by atoms with Gasteiger partial charge in [-0.3, -0.25) is 9.89 Å². The summed E-state index contributed by atoms with van der Waals surface area (Å²) in [5.41, 5.74) is 1.98. The minimum atomic E-state index is -3.59. The van der Waals surface area contributed by atoms with Gasteiger partial charge in [-0.15, -0.1) is 0 Å². The van der Waals surface area contributed by atoms with Gasteiger partial charge in [-0.05, 0) is 19.4 Å². The van der Waals surface area contributed by atoms with Crippen LogP contribution in [0.25, 0.3) is 0 Å². The number of sulfonamides is 1. The molecule has 0 saturated carbocycles. The van der Waals surface area contributed by atoms with Crippen molar-refractivity contribution >= 4 is 15.9 Å². The molecule has 0 unspecified atom stereocenters. The molecule has 2 aromatic rings. The van der Waals surface area contributed by atoms with Crippen molar-refractivity contribution in [3.8, 4) is 0 Å². The zero-order valence-corrected chi connectivity index (χ0v) is 15.2. The van der Waals surface area contributed by atoms with Crippen molar-refractivity contribution in [1.29, 1.82) is 0 Å². The molecule has 7 nitrogen and oxygen atoms in total. The number of amides is 1. The Balaban J connectivity index is 1.65. The first-order chi connectivity index (χ1) is 11.9. The number of benzene rings is 1. The normalized spacial score (nSPS) is 16.2. The van der Waals surface area contributed by atoms with Crippen LogP contribution in [0, 0.1) is 13.8 Å². The molecule has 3 rings (SSSR count). The van der Waals surface area contributed by atoms with E-state index in [0.29, 0.717) is 44.0 Å². The number of aromatic nitrogens is 2. The Kier molecular flexibility index (Phi) is 4.91. The van der Waals surface area contributed by atoms with Crippen LogP contribution < -0.4 is 0 Å². The number of carbonyl (C=O) groups is 1. The summed E-state index contributed by atoms with van der Waals surface area (Å²) < 4.78 is 27.1. The fourth-order valence-corrected chi connectivity index (χ4v) is 4.86. The van der Waals surface area contributed by atoms with Gasteiger partial charge in [0.2, 0.25) is 15.9 Å². The SMILES string of the molecule is Cc1n[nH]c(C)c1S(=O)(=O)N1CCN(C(=O)Cc2ccccc2)CC1. The van der Waals surface area contributed by atoms with E-state index in [9.17, 15) is 13.2 Å². The maximum atomic E-state index is 12.8. The average Bonchev–Trinajstić information content (AvgIpc) is 2.95. The standard InChI is InChI=1S/C17H22N4O3S/c1-13-17(14(2)19-18-13)25(23,24)21-10-8-20(9-11-21)16(22)12-15-6-4-3-5-7-15/h3-7H,8-12H2,1-2H3,(H,18,19). The maximum absolute atomic E-state index is 12.8. The van der Waals surface area contributed by atoms with Crippen LogP contribution in [0.4, 0.5) is 0 Å². The molecule has 0 bridgehead atoms. The summed E-state index contributed by atoms with van der Waals surface area (Å²) in [6.07, 6.45) is 0.341. The lowest BCUT2D eigenvalue weighted by Crippen LogP contribution is -2.51. The fraction of sp³-hybridized carbons (Fsp3) is 0.412. The first-order valence-electron chi connectivity index (χ1n) is 8.23. The van der Waals surface area contributed by atoms with Crippen LogP contribution in [0.1, 0.15) is 17.0 Å². The summed E-state index contributed by atoms with van der Waals surface area (Å²) >= 11 is 0. The molecule has 2 heterocycles. The summed E-state index contributed by atoms with van der Waals surface area (Å²) in [5, 5.41) is 6.69. The summed E-state index contributed by atoms with van der Waals surface area (Å²) in [5.74, 6) is 0.0268. The quantitative estimate of drug-likeness (QED) is 0.882. The molecule has 0 radical (unpaired) electrons. The first kappa shape index (κ1) is 17.6. The fourth-order valence-electron chi connectivity index (χ4n) is 3.11. The minimum Gasteiger partial charge on any atom is -0.340 e. The van der Waals surface area contributed by atoms with E-state index < -0.39 is 10.0 Å². The van der Waals surface area contributed by atoms with Crippen molar-refractivity contribution in [2.45, 2.75) is 25.2 Å². The van der Waals surface area contributed by atoms with Crippen molar-refractivity contribution in [2.24, 2.45) is 0 Å². The molecule has 8 heteroatoms. The van der Waals surface area contributed by atoms with Gasteiger partial charge in [-0.1, -0.05) is 30.3 Å². The largest absolute Gasteiger partial charge is 0.340 e. The molecule has 1 aliphatic heterocycles. The monoisotopic (exact) mass is 362 g/mol. The van der Waals surface area contributed by atoms with Gasteiger partial charge in [0, 0.05) is 26.2 Å². The highest BCUT2D eigenvalue weighted by molar-refractivity contribution is 7.89. The van der Waals surface area contributed by atoms with E-state index in [2.05, 4.69) is 10.2 Å². The van der Waals surface area contributed by atoms with Crippen LogP contribution in [0.2, 0.25) is 0 Å². The van der Waals surface area contributed by atoms with Crippen LogP contribution in [0.5, 0.6) is 0 Å². The summed E-state index contributed by atoms with van der Waals surface area (Å²) in [6, 6.07) is 9.56. The van der Waals surface area contributed by atoms with Crippen LogP contribution in [-0.4, -0.2) is 59.9 Å². The van der Waals surface area contributed by atoms with Crippen molar-refractivity contribution in [1.82, 2.24) is 19.4 Å². The molecule has 1 aromatic heterocycles. The molecule has 1 aromatic carbocycles. The molecule has 134 valence electrons. The van der Waals surface area contributed by atoms with Crippen molar-refractivity contribution in [2.75, 3.05) is 26.2 Å². The van der Waals surface area contributed by atoms with Gasteiger partial charge in [0.05, 0.1) is 17.8 Å². The number of hydrogen-bond acceptors (Lipinski definition) is 4. The van der Waals surface area contributed by atoms with Crippen molar-refractivity contribution in [3.05, 3.63) is 47.3 Å². The Morgan fingerprint density at radius 2 is 1.76 bits per heavy atom. The molecule has 25 heavy (non-hydrogen) atoms. The Morgan fingerprint density at radius 1 is 1.12 bits per heavy atom. The third kappa shape index (κ3) is 3.59. The van der Waals surface area contributed by atoms with E-state index in [0.717, 1.165) is 5.56 Å². The molecule has 1 aliphatic rings. The Hall–Kier alpha value is -2.19. The van der Waals surface area contributed by atoms with E-state index in [-0.39, 0.29) is 10.8 Å². The topological polar surface area (TPSA) is 86.4 Å². The van der Waals surface area contributed by atoms with E-state index in [1.54, 1.807) is 18.7 Å². The first-order valence-corrected chi connectivity index (χ1v) is 9.67. The molecular weight excluding hydrogens is 340 g/mol. The van der Waals surface area contributed by atoms with Gasteiger partial charge in [0.25, 0.3) is 0 Å². The van der Waals surface area contributed by atoms with Crippen molar-refractivity contribution in [3.63, 3.8) is 0 Å².